The van der Waals surface area contributed by atoms with Crippen molar-refractivity contribution in [1.82, 2.24) is 4.98 Å². The molecule has 0 atom stereocenters. The predicted molar refractivity (Wildman–Crippen MR) is 86.4 cm³/mol. The fraction of sp³-hybridized carbons (Fsp3) is 0.625. The maximum Gasteiger partial charge on any atom is 0.341 e. The van der Waals surface area contributed by atoms with Crippen molar-refractivity contribution in [1.29, 1.82) is 0 Å². The maximum atomic E-state index is 12.0. The van der Waals surface area contributed by atoms with Crippen molar-refractivity contribution in [2.45, 2.75) is 53.5 Å². The van der Waals surface area contributed by atoms with Gasteiger partial charge in [-0.25, -0.2) is 9.78 Å². The van der Waals surface area contributed by atoms with E-state index in [0.29, 0.717) is 23.7 Å². The van der Waals surface area contributed by atoms with E-state index in [1.54, 1.807) is 13.0 Å². The van der Waals surface area contributed by atoms with E-state index in [4.69, 9.17) is 10.5 Å². The third-order valence-electron chi connectivity index (χ3n) is 2.83. The Bertz CT molecular complexity index is 505. The Morgan fingerprint density at radius 1 is 1.33 bits per heavy atom. The number of pyridine rings is 1. The van der Waals surface area contributed by atoms with E-state index in [1.807, 2.05) is 0 Å². The number of anilines is 2. The molecule has 1 aromatic rings. The lowest BCUT2D eigenvalue weighted by Crippen LogP contribution is -2.36. The lowest BCUT2D eigenvalue weighted by molar-refractivity contribution is 0.0527. The minimum absolute atomic E-state index is 0.161. The van der Waals surface area contributed by atoms with E-state index < -0.39 is 5.97 Å². The Morgan fingerprint density at radius 2 is 1.95 bits per heavy atom. The first-order valence-electron chi connectivity index (χ1n) is 7.25. The van der Waals surface area contributed by atoms with Crippen molar-refractivity contribution < 1.29 is 9.53 Å². The molecule has 1 rings (SSSR count). The molecule has 0 aliphatic carbocycles. The predicted octanol–water partition coefficient (Wildman–Crippen LogP) is 3.47. The summed E-state index contributed by atoms with van der Waals surface area (Å²) in [6, 6.07) is 1.60. The molecule has 5 heteroatoms. The van der Waals surface area contributed by atoms with Gasteiger partial charge in [-0.3, -0.25) is 0 Å². The highest BCUT2D eigenvalue weighted by Gasteiger charge is 2.27. The molecule has 1 heterocycles. The zero-order valence-electron chi connectivity index (χ0n) is 13.9. The molecule has 0 amide bonds. The average molecular weight is 293 g/mol. The molecule has 0 saturated carbocycles. The van der Waals surface area contributed by atoms with Crippen LogP contribution in [-0.2, 0) is 4.74 Å². The molecule has 1 aromatic heterocycles. The molecular formula is C16H27N3O2. The van der Waals surface area contributed by atoms with Crippen LogP contribution in [0.3, 0.4) is 0 Å². The second-order valence-electron chi connectivity index (χ2n) is 7.13. The first kappa shape index (κ1) is 17.3. The minimum Gasteiger partial charge on any atom is -0.462 e. The quantitative estimate of drug-likeness (QED) is 0.813. The Hall–Kier alpha value is -1.78. The van der Waals surface area contributed by atoms with Crippen LogP contribution in [0.5, 0.6) is 0 Å². The van der Waals surface area contributed by atoms with E-state index >= 15 is 0 Å². The summed E-state index contributed by atoms with van der Waals surface area (Å²) >= 11 is 0. The zero-order valence-corrected chi connectivity index (χ0v) is 13.9. The number of hydrogen-bond acceptors (Lipinski definition) is 5. The molecule has 5 nitrogen and oxygen atoms in total. The third-order valence-corrected chi connectivity index (χ3v) is 2.83. The first-order valence-corrected chi connectivity index (χ1v) is 7.25. The largest absolute Gasteiger partial charge is 0.462 e. The van der Waals surface area contributed by atoms with Crippen LogP contribution < -0.4 is 11.1 Å². The molecule has 0 fully saturated rings. The summed E-state index contributed by atoms with van der Waals surface area (Å²) in [6.07, 6.45) is 2.46. The number of aromatic nitrogens is 1. The van der Waals surface area contributed by atoms with Crippen LogP contribution in [0.1, 0.15) is 58.3 Å². The van der Waals surface area contributed by atoms with Gasteiger partial charge in [-0.15, -0.1) is 0 Å². The summed E-state index contributed by atoms with van der Waals surface area (Å²) in [7, 11) is 0. The number of carbonyl (C=O) groups is 1. The third kappa shape index (κ3) is 5.61. The van der Waals surface area contributed by atoms with Crippen LogP contribution >= 0.6 is 0 Å². The summed E-state index contributed by atoms with van der Waals surface area (Å²) in [4.78, 5) is 16.3. The van der Waals surface area contributed by atoms with E-state index in [1.165, 1.54) is 6.20 Å². The topological polar surface area (TPSA) is 77.2 Å². The summed E-state index contributed by atoms with van der Waals surface area (Å²) in [5.41, 5.74) is 6.50. The van der Waals surface area contributed by atoms with Gasteiger partial charge < -0.3 is 15.8 Å². The maximum absolute atomic E-state index is 12.0. The number of nitrogens with zero attached hydrogens (tertiary/aromatic N) is 1. The molecule has 0 aromatic carbocycles. The number of hydrogen-bond donors (Lipinski definition) is 2. The fourth-order valence-corrected chi connectivity index (χ4v) is 2.64. The number of nitrogens with two attached hydrogens (primary N) is 1. The number of rotatable bonds is 5. The lowest BCUT2D eigenvalue weighted by atomic mass is 9.82. The second-order valence-corrected chi connectivity index (χ2v) is 7.13. The van der Waals surface area contributed by atoms with Crippen LogP contribution in [-0.4, -0.2) is 23.1 Å². The van der Waals surface area contributed by atoms with E-state index in [9.17, 15) is 4.79 Å². The lowest BCUT2D eigenvalue weighted by Gasteiger charge is -2.34. The average Bonchev–Trinajstić information content (AvgIpc) is 2.28. The molecule has 0 saturated heterocycles. The highest BCUT2D eigenvalue weighted by atomic mass is 16.5. The normalized spacial score (nSPS) is 12.1. The highest BCUT2D eigenvalue weighted by molar-refractivity contribution is 5.95. The van der Waals surface area contributed by atoms with E-state index in [0.717, 1.165) is 6.42 Å². The van der Waals surface area contributed by atoms with Crippen molar-refractivity contribution >= 4 is 17.5 Å². The number of nitrogens with one attached hydrogen (secondary N) is 1. The Labute approximate surface area is 127 Å². The van der Waals surface area contributed by atoms with Gasteiger partial charge in [-0.1, -0.05) is 20.8 Å². The Morgan fingerprint density at radius 3 is 2.48 bits per heavy atom. The first-order chi connectivity index (χ1) is 9.54. The van der Waals surface area contributed by atoms with E-state index in [-0.39, 0.29) is 11.0 Å². The number of esters is 1. The molecule has 0 aliphatic rings. The van der Waals surface area contributed by atoms with Gasteiger partial charge >= 0.3 is 5.97 Å². The van der Waals surface area contributed by atoms with Crippen LogP contribution in [0.25, 0.3) is 0 Å². The standard InChI is InChI=1S/C16H27N3O2/c1-7-21-14(20)12-8-11(17)9-18-13(12)19-16(5,6)10-15(2,3)4/h8-9H,7,10,17H2,1-6H3,(H,18,19). The molecule has 0 unspecified atom stereocenters. The number of ether oxygens (including phenoxy) is 1. The molecule has 0 spiro atoms. The Kier molecular flexibility index (Phi) is 5.20. The fourth-order valence-electron chi connectivity index (χ4n) is 2.64. The number of nitrogen functional groups attached to an aromatic ring is 1. The van der Waals surface area contributed by atoms with Crippen molar-refractivity contribution in [3.8, 4) is 0 Å². The van der Waals surface area contributed by atoms with Crippen molar-refractivity contribution in [3.05, 3.63) is 17.8 Å². The van der Waals surface area contributed by atoms with Gasteiger partial charge in [-0.2, -0.15) is 0 Å². The molecule has 21 heavy (non-hydrogen) atoms. The molecule has 0 radical (unpaired) electrons. The van der Waals surface area contributed by atoms with E-state index in [2.05, 4.69) is 44.9 Å². The van der Waals surface area contributed by atoms with Gasteiger partial charge in [0.25, 0.3) is 0 Å². The van der Waals surface area contributed by atoms with Crippen molar-refractivity contribution in [3.63, 3.8) is 0 Å². The van der Waals surface area contributed by atoms with Crippen LogP contribution in [0.2, 0.25) is 0 Å². The van der Waals surface area contributed by atoms with Crippen molar-refractivity contribution in [2.75, 3.05) is 17.7 Å². The van der Waals surface area contributed by atoms with Gasteiger partial charge in [0.15, 0.2) is 0 Å². The van der Waals surface area contributed by atoms with Gasteiger partial charge in [-0.05, 0) is 38.7 Å². The van der Waals surface area contributed by atoms with Crippen LogP contribution in [0.4, 0.5) is 11.5 Å². The summed E-state index contributed by atoms with van der Waals surface area (Å²) in [5, 5.41) is 3.34. The second kappa shape index (κ2) is 6.33. The summed E-state index contributed by atoms with van der Waals surface area (Å²) in [5.74, 6) is 0.100. The smallest absolute Gasteiger partial charge is 0.341 e. The van der Waals surface area contributed by atoms with Gasteiger partial charge in [0.2, 0.25) is 0 Å². The monoisotopic (exact) mass is 293 g/mol. The van der Waals surface area contributed by atoms with Crippen LogP contribution in [0, 0.1) is 5.41 Å². The van der Waals surface area contributed by atoms with Crippen molar-refractivity contribution in [2.24, 2.45) is 5.41 Å². The molecule has 3 N–H and O–H groups in total. The van der Waals surface area contributed by atoms with Gasteiger partial charge in [0.05, 0.1) is 18.5 Å². The minimum atomic E-state index is -0.411. The molecule has 118 valence electrons. The highest BCUT2D eigenvalue weighted by Crippen LogP contribution is 2.30. The Balaban J connectivity index is 3.05. The SMILES string of the molecule is CCOC(=O)c1cc(N)cnc1NC(C)(C)CC(C)(C)C. The molecule has 0 bridgehead atoms. The van der Waals surface area contributed by atoms with Gasteiger partial charge in [0, 0.05) is 5.54 Å². The van der Waals surface area contributed by atoms with Gasteiger partial charge in [0.1, 0.15) is 11.4 Å². The van der Waals surface area contributed by atoms with Crippen LogP contribution in [0.15, 0.2) is 12.3 Å². The summed E-state index contributed by atoms with van der Waals surface area (Å²) in [6.45, 7) is 12.8. The molecular weight excluding hydrogens is 266 g/mol. The zero-order chi connectivity index (χ0) is 16.3. The number of carbonyl (C=O) groups excluding carboxylic acids is 1. The summed E-state index contributed by atoms with van der Waals surface area (Å²) < 4.78 is 5.06. The molecule has 0 aliphatic heterocycles.